The molecule has 3 rings (SSSR count). The molecule has 124 valence electrons. The molecule has 0 aliphatic heterocycles. The molecule has 2 aromatic carbocycles. The van der Waals surface area contributed by atoms with Gasteiger partial charge in [-0.15, -0.1) is 11.3 Å². The van der Waals surface area contributed by atoms with E-state index >= 15 is 0 Å². The first-order valence-electron chi connectivity index (χ1n) is 7.57. The van der Waals surface area contributed by atoms with Crippen molar-refractivity contribution in [1.82, 2.24) is 9.88 Å². The zero-order chi connectivity index (χ0) is 17.3. The molecule has 0 radical (unpaired) electrons. The van der Waals surface area contributed by atoms with Gasteiger partial charge in [-0.25, -0.2) is 4.98 Å². The molecule has 0 aliphatic carbocycles. The molecule has 0 atom stereocenters. The number of fused-ring (bicyclic) bond motifs is 1. The van der Waals surface area contributed by atoms with E-state index in [1.165, 1.54) is 4.70 Å². The van der Waals surface area contributed by atoms with E-state index in [0.717, 1.165) is 27.3 Å². The fourth-order valence-electron chi connectivity index (χ4n) is 2.54. The molecule has 0 saturated carbocycles. The average molecular weight is 376 g/mol. The van der Waals surface area contributed by atoms with Crippen molar-refractivity contribution in [3.63, 3.8) is 0 Å². The summed E-state index contributed by atoms with van der Waals surface area (Å²) >= 11 is 13.6. The molecule has 3 aromatic rings. The maximum Gasteiger partial charge on any atom is 0.173 e. The highest BCUT2D eigenvalue weighted by Crippen LogP contribution is 2.28. The van der Waals surface area contributed by atoms with Gasteiger partial charge in [0.2, 0.25) is 0 Å². The molecule has 0 saturated heterocycles. The fraction of sp³-hybridized carbons (Fsp3) is 0.222. The number of hydrogen-bond donors (Lipinski definition) is 1. The van der Waals surface area contributed by atoms with Gasteiger partial charge in [0.15, 0.2) is 5.11 Å². The lowest BCUT2D eigenvalue weighted by Gasteiger charge is -2.21. The highest BCUT2D eigenvalue weighted by Gasteiger charge is 2.12. The lowest BCUT2D eigenvalue weighted by atomic mass is 10.1. The van der Waals surface area contributed by atoms with E-state index in [4.69, 9.17) is 23.8 Å². The minimum atomic E-state index is 0.628. The minimum Gasteiger partial charge on any atom is -0.345 e. The molecule has 3 nitrogen and oxygen atoms in total. The summed E-state index contributed by atoms with van der Waals surface area (Å²) in [5.74, 6) is 0. The number of thiocarbonyl (C=S) groups is 1. The van der Waals surface area contributed by atoms with Gasteiger partial charge in [0.1, 0.15) is 5.01 Å². The van der Waals surface area contributed by atoms with Gasteiger partial charge in [-0.3, -0.25) is 0 Å². The second-order valence-corrected chi connectivity index (χ2v) is 7.71. The number of nitrogens with zero attached hydrogens (tertiary/aromatic N) is 2. The van der Waals surface area contributed by atoms with E-state index in [1.807, 2.05) is 50.1 Å². The molecule has 0 spiro atoms. The molecule has 0 bridgehead atoms. The predicted molar refractivity (Wildman–Crippen MR) is 108 cm³/mol. The van der Waals surface area contributed by atoms with Crippen LogP contribution < -0.4 is 5.32 Å². The number of aromatic nitrogens is 1. The topological polar surface area (TPSA) is 28.2 Å². The van der Waals surface area contributed by atoms with Crippen LogP contribution in [0.15, 0.2) is 36.4 Å². The van der Waals surface area contributed by atoms with Crippen molar-refractivity contribution in [2.24, 2.45) is 0 Å². The van der Waals surface area contributed by atoms with Crippen LogP contribution in [0.5, 0.6) is 0 Å². The van der Waals surface area contributed by atoms with Gasteiger partial charge < -0.3 is 10.2 Å². The number of thiazole rings is 1. The van der Waals surface area contributed by atoms with Crippen LogP contribution in [-0.4, -0.2) is 22.0 Å². The summed E-state index contributed by atoms with van der Waals surface area (Å²) in [5.41, 5.74) is 4.11. The third-order valence-corrected chi connectivity index (χ3v) is 5.45. The summed E-state index contributed by atoms with van der Waals surface area (Å²) in [6.45, 7) is 4.71. The number of para-hydroxylation sites is 1. The highest BCUT2D eigenvalue weighted by atomic mass is 35.5. The average Bonchev–Trinajstić information content (AvgIpc) is 2.92. The number of anilines is 1. The van der Waals surface area contributed by atoms with Crippen molar-refractivity contribution < 1.29 is 0 Å². The van der Waals surface area contributed by atoms with Crippen LogP contribution in [0, 0.1) is 13.8 Å². The third kappa shape index (κ3) is 3.69. The van der Waals surface area contributed by atoms with E-state index in [0.29, 0.717) is 16.7 Å². The first-order valence-corrected chi connectivity index (χ1v) is 9.17. The molecular formula is C18H18ClN3S2. The molecule has 0 fully saturated rings. The van der Waals surface area contributed by atoms with Crippen molar-refractivity contribution in [2.75, 3.05) is 12.4 Å². The van der Waals surface area contributed by atoms with Crippen LogP contribution in [0.4, 0.5) is 5.69 Å². The molecule has 1 heterocycles. The number of aryl methyl sites for hydroxylation is 2. The monoisotopic (exact) mass is 375 g/mol. The van der Waals surface area contributed by atoms with Crippen LogP contribution in [-0.2, 0) is 6.54 Å². The molecule has 24 heavy (non-hydrogen) atoms. The Kier molecular flexibility index (Phi) is 5.04. The lowest BCUT2D eigenvalue weighted by Crippen LogP contribution is -2.30. The van der Waals surface area contributed by atoms with Crippen molar-refractivity contribution in [3.05, 3.63) is 57.6 Å². The smallest absolute Gasteiger partial charge is 0.173 e. The summed E-state index contributed by atoms with van der Waals surface area (Å²) in [7, 11) is 1.96. The number of benzene rings is 2. The van der Waals surface area contributed by atoms with Gasteiger partial charge in [-0.05, 0) is 55.4 Å². The van der Waals surface area contributed by atoms with Crippen molar-refractivity contribution in [1.29, 1.82) is 0 Å². The van der Waals surface area contributed by atoms with Gasteiger partial charge in [-0.2, -0.15) is 0 Å². The Labute approximate surface area is 156 Å². The van der Waals surface area contributed by atoms with Gasteiger partial charge in [-0.1, -0.05) is 29.8 Å². The summed E-state index contributed by atoms with van der Waals surface area (Å²) in [6.07, 6.45) is 0. The normalized spacial score (nSPS) is 10.8. The van der Waals surface area contributed by atoms with Gasteiger partial charge >= 0.3 is 0 Å². The predicted octanol–water partition coefficient (Wildman–Crippen LogP) is 5.40. The molecule has 0 amide bonds. The van der Waals surface area contributed by atoms with Crippen LogP contribution in [0.2, 0.25) is 5.02 Å². The Morgan fingerprint density at radius 3 is 2.75 bits per heavy atom. The van der Waals surface area contributed by atoms with Crippen LogP contribution in [0.1, 0.15) is 16.1 Å². The van der Waals surface area contributed by atoms with E-state index < -0.39 is 0 Å². The maximum atomic E-state index is 6.35. The molecule has 0 unspecified atom stereocenters. The lowest BCUT2D eigenvalue weighted by molar-refractivity contribution is 0.507. The quantitative estimate of drug-likeness (QED) is 0.621. The second-order valence-electron chi connectivity index (χ2n) is 5.80. The minimum absolute atomic E-state index is 0.628. The Bertz CT molecular complexity index is 848. The second kappa shape index (κ2) is 7.05. The SMILES string of the molecule is Cc1cc(C)c(NC(=S)N(C)Cc2nc3ccccc3s2)c(Cl)c1. The van der Waals surface area contributed by atoms with Crippen molar-refractivity contribution >= 4 is 56.2 Å². The van der Waals surface area contributed by atoms with E-state index in [1.54, 1.807) is 11.3 Å². The van der Waals surface area contributed by atoms with Crippen LogP contribution >= 0.6 is 35.2 Å². The maximum absolute atomic E-state index is 6.35. The van der Waals surface area contributed by atoms with E-state index in [-0.39, 0.29) is 0 Å². The Morgan fingerprint density at radius 1 is 1.29 bits per heavy atom. The fourth-order valence-corrected chi connectivity index (χ4v) is 4.09. The summed E-state index contributed by atoms with van der Waals surface area (Å²) in [5, 5.41) is 5.61. The van der Waals surface area contributed by atoms with Crippen molar-refractivity contribution in [3.8, 4) is 0 Å². The number of halogens is 1. The molecular weight excluding hydrogens is 358 g/mol. The molecule has 6 heteroatoms. The molecule has 1 N–H and O–H groups in total. The standard InChI is InChI=1S/C18H18ClN3S2/c1-11-8-12(2)17(13(19)9-11)21-18(23)22(3)10-16-20-14-6-4-5-7-15(14)24-16/h4-9H,10H2,1-3H3,(H,21,23). The van der Waals surface area contributed by atoms with E-state index in [2.05, 4.69) is 22.4 Å². The van der Waals surface area contributed by atoms with Gasteiger partial charge in [0.25, 0.3) is 0 Å². The highest BCUT2D eigenvalue weighted by molar-refractivity contribution is 7.80. The van der Waals surface area contributed by atoms with Gasteiger partial charge in [0, 0.05) is 7.05 Å². The Morgan fingerprint density at radius 2 is 2.04 bits per heavy atom. The Balaban J connectivity index is 1.73. The van der Waals surface area contributed by atoms with E-state index in [9.17, 15) is 0 Å². The third-order valence-electron chi connectivity index (χ3n) is 3.72. The largest absolute Gasteiger partial charge is 0.345 e. The molecule has 0 aliphatic rings. The first kappa shape index (κ1) is 17.1. The van der Waals surface area contributed by atoms with Crippen molar-refractivity contribution in [2.45, 2.75) is 20.4 Å². The number of hydrogen-bond acceptors (Lipinski definition) is 3. The summed E-state index contributed by atoms with van der Waals surface area (Å²) in [6, 6.07) is 12.2. The summed E-state index contributed by atoms with van der Waals surface area (Å²) in [4.78, 5) is 6.63. The van der Waals surface area contributed by atoms with Gasteiger partial charge in [0.05, 0.1) is 27.5 Å². The Hall–Kier alpha value is -1.69. The van der Waals surface area contributed by atoms with Crippen LogP contribution in [0.3, 0.4) is 0 Å². The summed E-state index contributed by atoms with van der Waals surface area (Å²) < 4.78 is 1.19. The zero-order valence-electron chi connectivity index (χ0n) is 13.8. The van der Waals surface area contributed by atoms with Crippen LogP contribution in [0.25, 0.3) is 10.2 Å². The first-order chi connectivity index (χ1) is 11.4. The zero-order valence-corrected chi connectivity index (χ0v) is 16.1. The number of rotatable bonds is 3. The molecule has 1 aromatic heterocycles. The number of nitrogens with one attached hydrogen (secondary N) is 1.